The van der Waals surface area contributed by atoms with E-state index in [1.807, 2.05) is 63.8 Å². The van der Waals surface area contributed by atoms with Gasteiger partial charge in [0.1, 0.15) is 0 Å². The lowest BCUT2D eigenvalue weighted by molar-refractivity contribution is 0.0584. The minimum Gasteiger partial charge on any atom is -0.334 e. The summed E-state index contributed by atoms with van der Waals surface area (Å²) in [5.41, 5.74) is 2.76. The van der Waals surface area contributed by atoms with Crippen LogP contribution in [0.15, 0.2) is 55.0 Å². The van der Waals surface area contributed by atoms with Gasteiger partial charge in [-0.2, -0.15) is 10.2 Å². The predicted octanol–water partition coefficient (Wildman–Crippen LogP) is 3.07. The molecule has 1 fully saturated rings. The molecule has 1 saturated heterocycles. The number of nitrogens with zero attached hydrogens (tertiary/aromatic N) is 5. The first-order valence-corrected chi connectivity index (χ1v) is 9.12. The van der Waals surface area contributed by atoms with Gasteiger partial charge in [0.15, 0.2) is 0 Å². The van der Waals surface area contributed by atoms with E-state index in [2.05, 4.69) is 10.2 Å². The quantitative estimate of drug-likeness (QED) is 0.727. The number of aryl methyl sites for hydroxylation is 1. The van der Waals surface area contributed by atoms with Crippen molar-refractivity contribution in [3.05, 3.63) is 66.2 Å². The number of amides is 1. The molecular weight excluding hydrogens is 326 g/mol. The molecule has 1 amide bonds. The maximum Gasteiger partial charge on any atom is 0.254 e. The molecule has 6 heteroatoms. The lowest BCUT2D eigenvalue weighted by atomic mass is 10.0. The van der Waals surface area contributed by atoms with Gasteiger partial charge < -0.3 is 4.90 Å². The Kier molecular flexibility index (Phi) is 4.56. The first-order valence-electron chi connectivity index (χ1n) is 9.12. The second-order valence-electron chi connectivity index (χ2n) is 6.81. The molecule has 3 heterocycles. The van der Waals surface area contributed by atoms with Gasteiger partial charge in [-0.15, -0.1) is 0 Å². The molecule has 0 aliphatic carbocycles. The zero-order valence-corrected chi connectivity index (χ0v) is 15.0. The highest BCUT2D eigenvalue weighted by Gasteiger charge is 2.27. The Morgan fingerprint density at radius 3 is 2.65 bits per heavy atom. The number of likely N-dealkylation sites (tertiary alicyclic amines) is 1. The van der Waals surface area contributed by atoms with Gasteiger partial charge in [-0.25, -0.2) is 4.68 Å². The fraction of sp³-hybridized carbons (Fsp3) is 0.350. The Labute approximate surface area is 153 Å². The summed E-state index contributed by atoms with van der Waals surface area (Å²) in [5, 5.41) is 8.61. The van der Waals surface area contributed by atoms with Crippen molar-refractivity contribution in [3.8, 4) is 5.69 Å². The molecule has 1 aliphatic rings. The highest BCUT2D eigenvalue weighted by Crippen LogP contribution is 2.22. The topological polar surface area (TPSA) is 56.0 Å². The standard InChI is InChI=1S/C20H23N5O/c1-16-10-12-22-25(16)18-8-6-17(7-9-18)20(26)24-14-3-2-5-19(24)15-23-13-4-11-21-23/h4,6-13,19H,2-3,5,14-15H2,1H3. The summed E-state index contributed by atoms with van der Waals surface area (Å²) in [6.07, 6.45) is 8.76. The molecule has 0 spiro atoms. The highest BCUT2D eigenvalue weighted by atomic mass is 16.2. The minimum atomic E-state index is 0.102. The van der Waals surface area contributed by atoms with Crippen LogP contribution in [0, 0.1) is 6.92 Å². The molecule has 134 valence electrons. The Bertz CT molecular complexity index is 866. The molecule has 0 saturated carbocycles. The van der Waals surface area contributed by atoms with Gasteiger partial charge in [0.2, 0.25) is 0 Å². The maximum absolute atomic E-state index is 13.1. The molecule has 3 aromatic rings. The average Bonchev–Trinajstić information content (AvgIpc) is 3.33. The van der Waals surface area contributed by atoms with Crippen LogP contribution in [-0.4, -0.2) is 43.0 Å². The molecule has 0 radical (unpaired) electrons. The van der Waals surface area contributed by atoms with Gasteiger partial charge in [0.05, 0.1) is 18.3 Å². The van der Waals surface area contributed by atoms with E-state index in [0.717, 1.165) is 49.3 Å². The Morgan fingerprint density at radius 1 is 1.12 bits per heavy atom. The molecule has 2 aromatic heterocycles. The number of rotatable bonds is 4. The third-order valence-electron chi connectivity index (χ3n) is 5.04. The van der Waals surface area contributed by atoms with Crippen molar-refractivity contribution in [2.24, 2.45) is 0 Å². The van der Waals surface area contributed by atoms with Crippen LogP contribution in [0.1, 0.15) is 35.3 Å². The number of aromatic nitrogens is 4. The zero-order valence-electron chi connectivity index (χ0n) is 15.0. The summed E-state index contributed by atoms with van der Waals surface area (Å²) in [4.78, 5) is 15.1. The number of carbonyl (C=O) groups excluding carboxylic acids is 1. The Morgan fingerprint density at radius 2 is 1.96 bits per heavy atom. The number of carbonyl (C=O) groups is 1. The second kappa shape index (κ2) is 7.15. The maximum atomic E-state index is 13.1. The van der Waals surface area contributed by atoms with Crippen LogP contribution in [-0.2, 0) is 6.54 Å². The number of hydrogen-bond donors (Lipinski definition) is 0. The van der Waals surface area contributed by atoms with E-state index >= 15 is 0 Å². The van der Waals surface area contributed by atoms with Crippen LogP contribution in [0.5, 0.6) is 0 Å². The normalized spacial score (nSPS) is 17.4. The predicted molar refractivity (Wildman–Crippen MR) is 99.2 cm³/mol. The molecule has 1 unspecified atom stereocenters. The van der Waals surface area contributed by atoms with E-state index in [-0.39, 0.29) is 11.9 Å². The van der Waals surface area contributed by atoms with Crippen LogP contribution in [0.25, 0.3) is 5.69 Å². The number of benzene rings is 1. The zero-order chi connectivity index (χ0) is 17.9. The van der Waals surface area contributed by atoms with E-state index in [9.17, 15) is 4.79 Å². The monoisotopic (exact) mass is 349 g/mol. The van der Waals surface area contributed by atoms with E-state index in [1.54, 1.807) is 12.4 Å². The van der Waals surface area contributed by atoms with Crippen LogP contribution >= 0.6 is 0 Å². The van der Waals surface area contributed by atoms with Crippen molar-refractivity contribution >= 4 is 5.91 Å². The van der Waals surface area contributed by atoms with Crippen LogP contribution in [0.2, 0.25) is 0 Å². The van der Waals surface area contributed by atoms with Crippen molar-refractivity contribution in [2.45, 2.75) is 38.8 Å². The van der Waals surface area contributed by atoms with Gasteiger partial charge in [0.25, 0.3) is 5.91 Å². The molecular formula is C20H23N5O. The lowest BCUT2D eigenvalue weighted by Crippen LogP contribution is -2.45. The van der Waals surface area contributed by atoms with Crippen LogP contribution in [0.4, 0.5) is 0 Å². The van der Waals surface area contributed by atoms with Gasteiger partial charge in [-0.05, 0) is 62.6 Å². The average molecular weight is 349 g/mol. The number of piperidine rings is 1. The summed E-state index contributed by atoms with van der Waals surface area (Å²) >= 11 is 0. The minimum absolute atomic E-state index is 0.102. The molecule has 6 nitrogen and oxygen atoms in total. The summed E-state index contributed by atoms with van der Waals surface area (Å²) in [6, 6.07) is 11.8. The fourth-order valence-corrected chi connectivity index (χ4v) is 3.63. The first kappa shape index (κ1) is 16.6. The van der Waals surface area contributed by atoms with Crippen molar-refractivity contribution in [1.29, 1.82) is 0 Å². The molecule has 1 aromatic carbocycles. The molecule has 0 bridgehead atoms. The summed E-state index contributed by atoms with van der Waals surface area (Å²) < 4.78 is 3.79. The van der Waals surface area contributed by atoms with Crippen molar-refractivity contribution in [1.82, 2.24) is 24.5 Å². The molecule has 0 N–H and O–H groups in total. The molecule has 1 aliphatic heterocycles. The highest BCUT2D eigenvalue weighted by molar-refractivity contribution is 5.94. The van der Waals surface area contributed by atoms with Crippen molar-refractivity contribution < 1.29 is 4.79 Å². The fourth-order valence-electron chi connectivity index (χ4n) is 3.63. The Balaban J connectivity index is 1.52. The van der Waals surface area contributed by atoms with E-state index in [1.165, 1.54) is 0 Å². The summed E-state index contributed by atoms with van der Waals surface area (Å²) in [5.74, 6) is 0.102. The number of hydrogen-bond acceptors (Lipinski definition) is 3. The first-order chi connectivity index (χ1) is 12.7. The Hall–Kier alpha value is -2.89. The van der Waals surface area contributed by atoms with E-state index in [4.69, 9.17) is 0 Å². The third-order valence-corrected chi connectivity index (χ3v) is 5.04. The van der Waals surface area contributed by atoms with Gasteiger partial charge in [0, 0.05) is 36.4 Å². The van der Waals surface area contributed by atoms with E-state index in [0.29, 0.717) is 0 Å². The van der Waals surface area contributed by atoms with Gasteiger partial charge in [-0.3, -0.25) is 9.48 Å². The molecule has 4 rings (SSSR count). The van der Waals surface area contributed by atoms with Crippen LogP contribution < -0.4 is 0 Å². The van der Waals surface area contributed by atoms with E-state index < -0.39 is 0 Å². The third kappa shape index (κ3) is 3.27. The lowest BCUT2D eigenvalue weighted by Gasteiger charge is -2.35. The van der Waals surface area contributed by atoms with Crippen molar-refractivity contribution in [2.75, 3.05) is 6.54 Å². The summed E-state index contributed by atoms with van der Waals surface area (Å²) in [6.45, 7) is 3.58. The van der Waals surface area contributed by atoms with Crippen LogP contribution in [0.3, 0.4) is 0 Å². The van der Waals surface area contributed by atoms with Gasteiger partial charge in [-0.1, -0.05) is 0 Å². The van der Waals surface area contributed by atoms with Gasteiger partial charge >= 0.3 is 0 Å². The second-order valence-corrected chi connectivity index (χ2v) is 6.81. The smallest absolute Gasteiger partial charge is 0.254 e. The molecule has 1 atom stereocenters. The summed E-state index contributed by atoms with van der Waals surface area (Å²) in [7, 11) is 0. The SMILES string of the molecule is Cc1ccnn1-c1ccc(C(=O)N2CCCCC2Cn2cccn2)cc1. The largest absolute Gasteiger partial charge is 0.334 e. The van der Waals surface area contributed by atoms with Crippen molar-refractivity contribution in [3.63, 3.8) is 0 Å². The molecule has 26 heavy (non-hydrogen) atoms.